The van der Waals surface area contributed by atoms with E-state index in [1.807, 2.05) is 6.07 Å². The largest absolute Gasteiger partial charge is 0.127 e. The second-order valence-corrected chi connectivity index (χ2v) is 5.88. The average Bonchev–Trinajstić information content (AvgIpc) is 2.47. The molecule has 66 valence electrons. The molecule has 0 saturated carbocycles. The molecular formula is C10H6Br2S. The van der Waals surface area contributed by atoms with Crippen molar-refractivity contribution in [1.29, 1.82) is 0 Å². The van der Waals surface area contributed by atoms with Crippen LogP contribution < -0.4 is 0 Å². The molecule has 0 radical (unpaired) electrons. The number of hydrogen-bond acceptors (Lipinski definition) is 1. The molecule has 0 N–H and O–H groups in total. The average molecular weight is 318 g/mol. The number of halogens is 2. The molecular weight excluding hydrogens is 312 g/mol. The maximum Gasteiger partial charge on any atom is 0.0716 e. The third kappa shape index (κ3) is 2.03. The highest BCUT2D eigenvalue weighted by Crippen LogP contribution is 2.38. The lowest BCUT2D eigenvalue weighted by atomic mass is 10.2. The molecule has 0 spiro atoms. The molecule has 0 nitrogen and oxygen atoms in total. The Hall–Kier alpha value is -0.120. The van der Waals surface area contributed by atoms with Crippen molar-refractivity contribution in [2.24, 2.45) is 0 Å². The SMILES string of the molecule is Brc1cc(Br)c(-c2ccccc2)s1. The van der Waals surface area contributed by atoms with E-state index in [2.05, 4.69) is 62.2 Å². The molecule has 13 heavy (non-hydrogen) atoms. The maximum atomic E-state index is 3.53. The van der Waals surface area contributed by atoms with Gasteiger partial charge in [-0.25, -0.2) is 0 Å². The van der Waals surface area contributed by atoms with Crippen LogP contribution in [0.4, 0.5) is 0 Å². The summed E-state index contributed by atoms with van der Waals surface area (Å²) in [5, 5.41) is 0. The Labute approximate surface area is 97.9 Å². The third-order valence-electron chi connectivity index (χ3n) is 1.69. The lowest BCUT2D eigenvalue weighted by Crippen LogP contribution is -1.69. The molecule has 0 fully saturated rings. The van der Waals surface area contributed by atoms with Crippen LogP contribution in [0.5, 0.6) is 0 Å². The molecule has 2 rings (SSSR count). The molecule has 0 aliphatic rings. The molecule has 0 amide bonds. The highest BCUT2D eigenvalue weighted by Gasteiger charge is 2.06. The van der Waals surface area contributed by atoms with Crippen LogP contribution in [-0.2, 0) is 0 Å². The molecule has 0 atom stereocenters. The van der Waals surface area contributed by atoms with E-state index in [9.17, 15) is 0 Å². The summed E-state index contributed by atoms with van der Waals surface area (Å²) < 4.78 is 2.30. The van der Waals surface area contributed by atoms with Gasteiger partial charge in [0.25, 0.3) is 0 Å². The van der Waals surface area contributed by atoms with E-state index in [4.69, 9.17) is 0 Å². The molecule has 1 heterocycles. The van der Waals surface area contributed by atoms with Crippen molar-refractivity contribution in [2.75, 3.05) is 0 Å². The monoisotopic (exact) mass is 316 g/mol. The van der Waals surface area contributed by atoms with E-state index in [1.54, 1.807) is 11.3 Å². The quantitative estimate of drug-likeness (QED) is 0.699. The number of benzene rings is 1. The molecule has 3 heteroatoms. The van der Waals surface area contributed by atoms with Gasteiger partial charge in [0.2, 0.25) is 0 Å². The van der Waals surface area contributed by atoms with Crippen LogP contribution in [0.15, 0.2) is 44.7 Å². The second-order valence-electron chi connectivity index (χ2n) is 2.59. The first-order chi connectivity index (χ1) is 6.27. The Morgan fingerprint density at radius 1 is 1.00 bits per heavy atom. The zero-order chi connectivity index (χ0) is 9.26. The number of rotatable bonds is 1. The zero-order valence-corrected chi connectivity index (χ0v) is 10.6. The lowest BCUT2D eigenvalue weighted by Gasteiger charge is -1.96. The first kappa shape index (κ1) is 9.44. The van der Waals surface area contributed by atoms with Crippen molar-refractivity contribution < 1.29 is 0 Å². The van der Waals surface area contributed by atoms with E-state index in [0.29, 0.717) is 0 Å². The van der Waals surface area contributed by atoms with E-state index in [0.717, 1.165) is 8.26 Å². The zero-order valence-electron chi connectivity index (χ0n) is 6.63. The molecule has 0 aliphatic heterocycles. The number of hydrogen-bond donors (Lipinski definition) is 0. The fraction of sp³-hybridized carbons (Fsp3) is 0. The molecule has 0 bridgehead atoms. The van der Waals surface area contributed by atoms with Crippen molar-refractivity contribution in [3.05, 3.63) is 44.7 Å². The summed E-state index contributed by atoms with van der Waals surface area (Å²) in [6, 6.07) is 12.4. The molecule has 0 saturated heterocycles. The Morgan fingerprint density at radius 3 is 2.23 bits per heavy atom. The van der Waals surface area contributed by atoms with Crippen LogP contribution in [0.2, 0.25) is 0 Å². The van der Waals surface area contributed by atoms with E-state index in [1.165, 1.54) is 10.4 Å². The Balaban J connectivity index is 2.53. The number of thiophene rings is 1. The molecule has 1 aromatic carbocycles. The normalized spacial score (nSPS) is 10.3. The van der Waals surface area contributed by atoms with Gasteiger partial charge in [-0.3, -0.25) is 0 Å². The van der Waals surface area contributed by atoms with E-state index < -0.39 is 0 Å². The van der Waals surface area contributed by atoms with Crippen LogP contribution in [0, 0.1) is 0 Å². The van der Waals surface area contributed by atoms with Crippen LogP contribution in [-0.4, -0.2) is 0 Å². The molecule has 0 unspecified atom stereocenters. The standard InChI is InChI=1S/C10H6Br2S/c11-8-6-9(12)13-10(8)7-4-2-1-3-5-7/h1-6H. The van der Waals surface area contributed by atoms with Crippen LogP contribution in [0.1, 0.15) is 0 Å². The van der Waals surface area contributed by atoms with Gasteiger partial charge >= 0.3 is 0 Å². The summed E-state index contributed by atoms with van der Waals surface area (Å²) in [7, 11) is 0. The summed E-state index contributed by atoms with van der Waals surface area (Å²) in [5.41, 5.74) is 1.25. The summed E-state index contributed by atoms with van der Waals surface area (Å²) in [4.78, 5) is 1.27. The smallest absolute Gasteiger partial charge is 0.0716 e. The van der Waals surface area contributed by atoms with Gasteiger partial charge in [-0.2, -0.15) is 0 Å². The maximum absolute atomic E-state index is 3.53. The predicted octanol–water partition coefficient (Wildman–Crippen LogP) is 4.94. The van der Waals surface area contributed by atoms with Crippen LogP contribution in [0.3, 0.4) is 0 Å². The summed E-state index contributed by atoms with van der Waals surface area (Å²) in [6.45, 7) is 0. The molecule has 2 aromatic rings. The van der Waals surface area contributed by atoms with Gasteiger partial charge in [0.1, 0.15) is 0 Å². The first-order valence-corrected chi connectivity index (χ1v) is 6.18. The van der Waals surface area contributed by atoms with Gasteiger partial charge in [0.05, 0.1) is 3.79 Å². The van der Waals surface area contributed by atoms with Crippen molar-refractivity contribution in [2.45, 2.75) is 0 Å². The van der Waals surface area contributed by atoms with E-state index >= 15 is 0 Å². The Kier molecular flexibility index (Phi) is 2.86. The topological polar surface area (TPSA) is 0 Å². The second kappa shape index (κ2) is 3.95. The van der Waals surface area contributed by atoms with Crippen molar-refractivity contribution >= 4 is 43.2 Å². The van der Waals surface area contributed by atoms with Crippen LogP contribution in [0.25, 0.3) is 10.4 Å². The van der Waals surface area contributed by atoms with E-state index in [-0.39, 0.29) is 0 Å². The Bertz CT molecular complexity index is 406. The minimum atomic E-state index is 1.15. The fourth-order valence-corrected chi connectivity index (χ4v) is 3.78. The van der Waals surface area contributed by atoms with Gasteiger partial charge in [0, 0.05) is 9.35 Å². The lowest BCUT2D eigenvalue weighted by molar-refractivity contribution is 1.68. The summed E-state index contributed by atoms with van der Waals surface area (Å²) in [5.74, 6) is 0. The minimum absolute atomic E-state index is 1.15. The van der Waals surface area contributed by atoms with Crippen LogP contribution >= 0.6 is 43.2 Å². The Morgan fingerprint density at radius 2 is 1.69 bits per heavy atom. The minimum Gasteiger partial charge on any atom is -0.127 e. The third-order valence-corrected chi connectivity index (χ3v) is 4.27. The van der Waals surface area contributed by atoms with Crippen molar-refractivity contribution in [1.82, 2.24) is 0 Å². The summed E-state index contributed by atoms with van der Waals surface area (Å²) >= 11 is 8.74. The predicted molar refractivity (Wildman–Crippen MR) is 65.2 cm³/mol. The van der Waals surface area contributed by atoms with Gasteiger partial charge in [-0.05, 0) is 43.5 Å². The van der Waals surface area contributed by atoms with Gasteiger partial charge in [0.15, 0.2) is 0 Å². The highest BCUT2D eigenvalue weighted by molar-refractivity contribution is 9.11. The first-order valence-electron chi connectivity index (χ1n) is 3.77. The highest BCUT2D eigenvalue weighted by atomic mass is 79.9. The van der Waals surface area contributed by atoms with Gasteiger partial charge < -0.3 is 0 Å². The van der Waals surface area contributed by atoms with Gasteiger partial charge in [-0.1, -0.05) is 30.3 Å². The summed E-state index contributed by atoms with van der Waals surface area (Å²) in [6.07, 6.45) is 0. The van der Waals surface area contributed by atoms with Gasteiger partial charge in [-0.15, -0.1) is 11.3 Å². The van der Waals surface area contributed by atoms with Crippen molar-refractivity contribution in [3.8, 4) is 10.4 Å². The fourth-order valence-electron chi connectivity index (χ4n) is 1.13. The van der Waals surface area contributed by atoms with Crippen molar-refractivity contribution in [3.63, 3.8) is 0 Å². The molecule has 0 aliphatic carbocycles. The molecule has 1 aromatic heterocycles.